The molecule has 2 fully saturated rings. The van der Waals surface area contributed by atoms with Crippen molar-refractivity contribution in [2.75, 3.05) is 53.0 Å². The van der Waals surface area contributed by atoms with E-state index in [9.17, 15) is 0 Å². The molecule has 1 aromatic heterocycles. The first-order valence-electron chi connectivity index (χ1n) is 10.8. The number of morpholine rings is 1. The Morgan fingerprint density at radius 2 is 1.90 bits per heavy atom. The average Bonchev–Trinajstić information content (AvgIpc) is 3.03. The van der Waals surface area contributed by atoms with Gasteiger partial charge in [0.1, 0.15) is 0 Å². The Morgan fingerprint density at radius 3 is 2.52 bits per heavy atom. The van der Waals surface area contributed by atoms with Crippen LogP contribution < -0.4 is 10.6 Å². The van der Waals surface area contributed by atoms with E-state index >= 15 is 0 Å². The van der Waals surface area contributed by atoms with Gasteiger partial charge in [-0.1, -0.05) is 19.3 Å². The van der Waals surface area contributed by atoms with Crippen LogP contribution in [0.4, 0.5) is 0 Å². The van der Waals surface area contributed by atoms with E-state index in [1.807, 2.05) is 7.05 Å². The fourth-order valence-electron chi connectivity index (χ4n) is 4.35. The number of aryl methyl sites for hydroxylation is 2. The van der Waals surface area contributed by atoms with Gasteiger partial charge >= 0.3 is 0 Å². The van der Waals surface area contributed by atoms with Crippen molar-refractivity contribution in [2.45, 2.75) is 52.4 Å². The van der Waals surface area contributed by atoms with Gasteiger partial charge in [-0.15, -0.1) is 35.3 Å². The molecule has 1 aliphatic carbocycles. The summed E-state index contributed by atoms with van der Waals surface area (Å²) in [5.74, 6) is 0.914. The number of thiazole rings is 1. The van der Waals surface area contributed by atoms with Crippen LogP contribution in [0.25, 0.3) is 0 Å². The maximum atomic E-state index is 5.54. The van der Waals surface area contributed by atoms with E-state index in [-0.39, 0.29) is 24.0 Å². The van der Waals surface area contributed by atoms with E-state index < -0.39 is 0 Å². The minimum atomic E-state index is 0. The highest BCUT2D eigenvalue weighted by Gasteiger charge is 2.34. The van der Waals surface area contributed by atoms with E-state index in [0.717, 1.165) is 57.5 Å². The number of hydrogen-bond donors (Lipinski definition) is 2. The van der Waals surface area contributed by atoms with Crippen molar-refractivity contribution in [3.05, 3.63) is 15.6 Å². The molecule has 29 heavy (non-hydrogen) atoms. The van der Waals surface area contributed by atoms with Crippen LogP contribution in [0, 0.1) is 19.3 Å². The Labute approximate surface area is 197 Å². The molecule has 1 saturated carbocycles. The third kappa shape index (κ3) is 7.63. The standard InChI is InChI=1S/C21H37N5OS.HI/c1-17-18(2)28-19(25-17)7-10-23-20(22-3)24-15-21(8-5-4-6-9-21)16-26-11-13-27-14-12-26;/h4-16H2,1-3H3,(H2,22,23,24);1H. The molecule has 2 heterocycles. The number of nitrogens with zero attached hydrogens (tertiary/aromatic N) is 3. The van der Waals surface area contributed by atoms with Gasteiger partial charge in [-0.2, -0.15) is 0 Å². The largest absolute Gasteiger partial charge is 0.379 e. The van der Waals surface area contributed by atoms with E-state index in [1.54, 1.807) is 11.3 Å². The smallest absolute Gasteiger partial charge is 0.191 e. The maximum Gasteiger partial charge on any atom is 0.191 e. The van der Waals surface area contributed by atoms with Crippen LogP contribution >= 0.6 is 35.3 Å². The first kappa shape index (κ1) is 24.8. The molecule has 0 amide bonds. The molecule has 0 radical (unpaired) electrons. The highest BCUT2D eigenvalue weighted by molar-refractivity contribution is 14.0. The summed E-state index contributed by atoms with van der Waals surface area (Å²) in [6.07, 6.45) is 7.64. The van der Waals surface area contributed by atoms with E-state index in [1.165, 1.54) is 48.5 Å². The Morgan fingerprint density at radius 1 is 1.17 bits per heavy atom. The minimum Gasteiger partial charge on any atom is -0.379 e. The van der Waals surface area contributed by atoms with Gasteiger partial charge in [0.25, 0.3) is 0 Å². The minimum absolute atomic E-state index is 0. The summed E-state index contributed by atoms with van der Waals surface area (Å²) < 4.78 is 5.54. The van der Waals surface area contributed by atoms with Crippen LogP contribution in [-0.4, -0.2) is 68.8 Å². The number of nitrogens with one attached hydrogen (secondary N) is 2. The zero-order chi connectivity index (χ0) is 19.8. The topological polar surface area (TPSA) is 61.8 Å². The van der Waals surface area contributed by atoms with E-state index in [2.05, 4.69) is 39.4 Å². The van der Waals surface area contributed by atoms with Gasteiger partial charge < -0.3 is 15.4 Å². The van der Waals surface area contributed by atoms with Gasteiger partial charge in [0, 0.05) is 56.5 Å². The predicted molar refractivity (Wildman–Crippen MR) is 133 cm³/mol. The molecule has 8 heteroatoms. The molecule has 2 N–H and O–H groups in total. The van der Waals surface area contributed by atoms with Crippen molar-refractivity contribution in [3.8, 4) is 0 Å². The summed E-state index contributed by atoms with van der Waals surface area (Å²) in [5, 5.41) is 8.32. The molecule has 0 unspecified atom stereocenters. The quantitative estimate of drug-likeness (QED) is 0.319. The van der Waals surface area contributed by atoms with Gasteiger partial charge in [0.05, 0.1) is 23.9 Å². The lowest BCUT2D eigenvalue weighted by molar-refractivity contribution is 0.00820. The van der Waals surface area contributed by atoms with Gasteiger partial charge in [0.15, 0.2) is 5.96 Å². The molecule has 3 rings (SSSR count). The Bertz CT molecular complexity index is 620. The van der Waals surface area contributed by atoms with E-state index in [4.69, 9.17) is 4.74 Å². The van der Waals surface area contributed by atoms with Crippen LogP contribution in [-0.2, 0) is 11.2 Å². The number of ether oxygens (including phenoxy) is 1. The summed E-state index contributed by atoms with van der Waals surface area (Å²) in [6, 6.07) is 0. The number of halogens is 1. The molecule has 1 saturated heterocycles. The first-order chi connectivity index (χ1) is 13.6. The van der Waals surface area contributed by atoms with Gasteiger partial charge in [0.2, 0.25) is 0 Å². The molecule has 1 aliphatic heterocycles. The molecular formula is C21H38IN5OS. The second kappa shape index (κ2) is 12.4. The molecule has 2 aliphatic rings. The maximum absolute atomic E-state index is 5.54. The second-order valence-corrected chi connectivity index (χ2v) is 9.59. The summed E-state index contributed by atoms with van der Waals surface area (Å²) in [7, 11) is 1.86. The monoisotopic (exact) mass is 535 g/mol. The molecule has 0 aromatic carbocycles. The van der Waals surface area contributed by atoms with Crippen LogP contribution in [0.15, 0.2) is 4.99 Å². The fraction of sp³-hybridized carbons (Fsp3) is 0.810. The highest BCUT2D eigenvalue weighted by Crippen LogP contribution is 2.36. The number of rotatable bonds is 7. The molecule has 0 bridgehead atoms. The lowest BCUT2D eigenvalue weighted by Gasteiger charge is -2.42. The normalized spacial score (nSPS) is 20.2. The summed E-state index contributed by atoms with van der Waals surface area (Å²) >= 11 is 1.80. The van der Waals surface area contributed by atoms with E-state index in [0.29, 0.717) is 5.41 Å². The molecular weight excluding hydrogens is 497 g/mol. The Balaban J connectivity index is 0.00000300. The van der Waals surface area contributed by atoms with Crippen molar-refractivity contribution >= 4 is 41.3 Å². The summed E-state index contributed by atoms with van der Waals surface area (Å²) in [6.45, 7) is 11.2. The lowest BCUT2D eigenvalue weighted by Crippen LogP contribution is -2.51. The molecule has 0 spiro atoms. The van der Waals surface area contributed by atoms with Crippen molar-refractivity contribution in [1.29, 1.82) is 0 Å². The van der Waals surface area contributed by atoms with Crippen LogP contribution in [0.1, 0.15) is 47.7 Å². The second-order valence-electron chi connectivity index (χ2n) is 8.30. The van der Waals surface area contributed by atoms with Crippen molar-refractivity contribution in [3.63, 3.8) is 0 Å². The zero-order valence-electron chi connectivity index (χ0n) is 18.3. The van der Waals surface area contributed by atoms with Gasteiger partial charge in [-0.25, -0.2) is 4.98 Å². The molecule has 0 atom stereocenters. The van der Waals surface area contributed by atoms with Crippen molar-refractivity contribution in [1.82, 2.24) is 20.5 Å². The third-order valence-electron chi connectivity index (χ3n) is 6.14. The third-order valence-corrected chi connectivity index (χ3v) is 7.27. The van der Waals surface area contributed by atoms with Gasteiger partial charge in [-0.05, 0) is 26.7 Å². The number of aliphatic imine (C=N–C) groups is 1. The number of hydrogen-bond acceptors (Lipinski definition) is 5. The van der Waals surface area contributed by atoms with Crippen LogP contribution in [0.2, 0.25) is 0 Å². The van der Waals surface area contributed by atoms with Crippen LogP contribution in [0.3, 0.4) is 0 Å². The molecule has 1 aromatic rings. The predicted octanol–water partition coefficient (Wildman–Crippen LogP) is 3.37. The summed E-state index contributed by atoms with van der Waals surface area (Å²) in [5.41, 5.74) is 1.52. The average molecular weight is 536 g/mol. The molecule has 166 valence electrons. The van der Waals surface area contributed by atoms with Crippen molar-refractivity contribution in [2.24, 2.45) is 10.4 Å². The zero-order valence-corrected chi connectivity index (χ0v) is 21.4. The first-order valence-corrected chi connectivity index (χ1v) is 11.6. The number of guanidine groups is 1. The highest BCUT2D eigenvalue weighted by atomic mass is 127. The Kier molecular flexibility index (Phi) is 10.6. The van der Waals surface area contributed by atoms with Crippen molar-refractivity contribution < 1.29 is 4.74 Å². The van der Waals surface area contributed by atoms with Gasteiger partial charge in [-0.3, -0.25) is 9.89 Å². The molecule has 6 nitrogen and oxygen atoms in total. The number of aromatic nitrogens is 1. The van der Waals surface area contributed by atoms with Crippen LogP contribution in [0.5, 0.6) is 0 Å². The fourth-order valence-corrected chi connectivity index (χ4v) is 5.29. The Hall–Kier alpha value is -0.450. The summed E-state index contributed by atoms with van der Waals surface area (Å²) in [4.78, 5) is 13.0. The SMILES string of the molecule is CN=C(NCCc1nc(C)c(C)s1)NCC1(CN2CCOCC2)CCCCC1.I. The lowest BCUT2D eigenvalue weighted by atomic mass is 9.73.